The molecule has 1 aromatic rings. The molecule has 0 spiro atoms. The van der Waals surface area contributed by atoms with Crippen LogP contribution in [0.15, 0.2) is 18.2 Å². The molecule has 0 radical (unpaired) electrons. The predicted molar refractivity (Wildman–Crippen MR) is 108 cm³/mol. The average Bonchev–Trinajstić information content (AvgIpc) is 2.59. The minimum Gasteiger partial charge on any atom is -0.363 e. The molecule has 28 heavy (non-hydrogen) atoms. The number of nitriles is 1. The van der Waals surface area contributed by atoms with Gasteiger partial charge in [0.25, 0.3) is 5.69 Å². The van der Waals surface area contributed by atoms with E-state index in [0.29, 0.717) is 30.6 Å². The molecule has 1 saturated heterocycles. The lowest BCUT2D eigenvalue weighted by Crippen LogP contribution is -2.43. The average molecular weight is 406 g/mol. The first-order chi connectivity index (χ1) is 13.2. The summed E-state index contributed by atoms with van der Waals surface area (Å²) < 4.78 is 23.6. The van der Waals surface area contributed by atoms with Crippen LogP contribution in [-0.2, 0) is 15.3 Å². The van der Waals surface area contributed by atoms with Crippen molar-refractivity contribution in [2.75, 3.05) is 23.0 Å². The van der Waals surface area contributed by atoms with Gasteiger partial charge in [0, 0.05) is 18.7 Å². The Labute approximate surface area is 166 Å². The van der Waals surface area contributed by atoms with E-state index >= 15 is 0 Å². The second-order valence-electron chi connectivity index (χ2n) is 8.44. The summed E-state index contributed by atoms with van der Waals surface area (Å²) in [7, 11) is -3.01. The van der Waals surface area contributed by atoms with E-state index in [4.69, 9.17) is 0 Å². The maximum absolute atomic E-state index is 11.9. The third-order valence-electron chi connectivity index (χ3n) is 5.98. The molecule has 2 aliphatic rings. The second-order valence-corrected chi connectivity index (χ2v) is 10.7. The molecule has 152 valence electrons. The molecule has 8 heteroatoms. The summed E-state index contributed by atoms with van der Waals surface area (Å²) in [6, 6.07) is 7.48. The van der Waals surface area contributed by atoms with Gasteiger partial charge >= 0.3 is 0 Å². The molecule has 1 aromatic carbocycles. The Morgan fingerprint density at radius 1 is 1.32 bits per heavy atom. The van der Waals surface area contributed by atoms with Gasteiger partial charge < -0.3 is 4.90 Å². The van der Waals surface area contributed by atoms with Crippen molar-refractivity contribution in [1.82, 2.24) is 0 Å². The van der Waals surface area contributed by atoms with Gasteiger partial charge in [-0.2, -0.15) is 5.26 Å². The number of nitrogens with zero attached hydrogens (tertiary/aromatic N) is 3. The summed E-state index contributed by atoms with van der Waals surface area (Å²) in [5, 5.41) is 21.5. The molecule has 0 aromatic heterocycles. The van der Waals surface area contributed by atoms with Gasteiger partial charge in [-0.25, -0.2) is 8.42 Å². The van der Waals surface area contributed by atoms with Crippen molar-refractivity contribution in [2.45, 2.75) is 57.4 Å². The fourth-order valence-corrected chi connectivity index (χ4v) is 5.70. The largest absolute Gasteiger partial charge is 0.363 e. The molecule has 1 aliphatic heterocycles. The third-order valence-corrected chi connectivity index (χ3v) is 7.70. The normalized spacial score (nSPS) is 20.9. The first-order valence-electron chi connectivity index (χ1n) is 9.85. The smallest absolute Gasteiger partial charge is 0.292 e. The molecular formula is C20H27N3O4S. The number of hydrogen-bond donors (Lipinski definition) is 0. The summed E-state index contributed by atoms with van der Waals surface area (Å²) in [4.78, 5) is 13.5. The molecule has 2 fully saturated rings. The molecule has 1 saturated carbocycles. The van der Waals surface area contributed by atoms with Crippen molar-refractivity contribution in [3.8, 4) is 6.07 Å². The highest BCUT2D eigenvalue weighted by Crippen LogP contribution is 2.45. The van der Waals surface area contributed by atoms with E-state index in [-0.39, 0.29) is 34.1 Å². The van der Waals surface area contributed by atoms with Gasteiger partial charge in [0.05, 0.1) is 27.9 Å². The van der Waals surface area contributed by atoms with Gasteiger partial charge in [-0.05, 0) is 49.7 Å². The molecule has 0 unspecified atom stereocenters. The fraction of sp³-hybridized carbons (Fsp3) is 0.650. The zero-order chi connectivity index (χ0) is 20.5. The Bertz CT molecular complexity index is 887. The first-order valence-corrected chi connectivity index (χ1v) is 11.7. The van der Waals surface area contributed by atoms with Crippen molar-refractivity contribution in [3.05, 3.63) is 33.9 Å². The maximum Gasteiger partial charge on any atom is 0.292 e. The number of anilines is 1. The minimum atomic E-state index is -3.01. The standard InChI is InChI=1S/C20H27N3O4S/c1-15(2)13-22(17-6-10-28(26,27)11-7-17)18-5-4-16(12-19(18)23(24)25)20(14-21)8-3-9-20/h4-5,12,15,17H,3,6-11,13H2,1-2H3. The van der Waals surface area contributed by atoms with Gasteiger partial charge in [-0.1, -0.05) is 19.9 Å². The highest BCUT2D eigenvalue weighted by molar-refractivity contribution is 7.91. The Hall–Kier alpha value is -2.14. The van der Waals surface area contributed by atoms with Crippen molar-refractivity contribution in [1.29, 1.82) is 5.26 Å². The van der Waals surface area contributed by atoms with Gasteiger partial charge in [0.2, 0.25) is 0 Å². The number of hydrogen-bond acceptors (Lipinski definition) is 6. The van der Waals surface area contributed by atoms with Crippen LogP contribution in [0.3, 0.4) is 0 Å². The molecule has 0 amide bonds. The molecule has 1 aliphatic carbocycles. The van der Waals surface area contributed by atoms with Crippen molar-refractivity contribution in [3.63, 3.8) is 0 Å². The van der Waals surface area contributed by atoms with Gasteiger partial charge in [0.15, 0.2) is 0 Å². The highest BCUT2D eigenvalue weighted by Gasteiger charge is 2.41. The van der Waals surface area contributed by atoms with E-state index in [9.17, 15) is 23.8 Å². The molecule has 1 heterocycles. The Balaban J connectivity index is 1.99. The van der Waals surface area contributed by atoms with Crippen LogP contribution in [0.5, 0.6) is 0 Å². The summed E-state index contributed by atoms with van der Waals surface area (Å²) in [6.45, 7) is 4.71. The first kappa shape index (κ1) is 20.6. The van der Waals surface area contributed by atoms with E-state index in [1.807, 2.05) is 24.8 Å². The SMILES string of the molecule is CC(C)CN(c1ccc(C2(C#N)CCC2)cc1[N+](=O)[O-])C1CCS(=O)(=O)CC1. The quantitative estimate of drug-likeness (QED) is 0.529. The van der Waals surface area contributed by atoms with E-state index < -0.39 is 15.3 Å². The zero-order valence-electron chi connectivity index (χ0n) is 16.4. The van der Waals surface area contributed by atoms with Crippen LogP contribution in [0.1, 0.15) is 51.5 Å². The van der Waals surface area contributed by atoms with E-state index in [1.165, 1.54) is 0 Å². The van der Waals surface area contributed by atoms with E-state index in [2.05, 4.69) is 6.07 Å². The van der Waals surface area contributed by atoms with Crippen LogP contribution >= 0.6 is 0 Å². The maximum atomic E-state index is 11.9. The summed E-state index contributed by atoms with van der Waals surface area (Å²) >= 11 is 0. The minimum absolute atomic E-state index is 0.00751. The van der Waals surface area contributed by atoms with E-state index in [1.54, 1.807) is 12.1 Å². The molecule has 3 rings (SSSR count). The Morgan fingerprint density at radius 2 is 1.96 bits per heavy atom. The third kappa shape index (κ3) is 4.00. The number of nitro benzene ring substituents is 1. The predicted octanol–water partition coefficient (Wildman–Crippen LogP) is 3.58. The van der Waals surface area contributed by atoms with Crippen LogP contribution in [0.4, 0.5) is 11.4 Å². The molecular weight excluding hydrogens is 378 g/mol. The summed E-state index contributed by atoms with van der Waals surface area (Å²) in [5.41, 5.74) is 0.644. The van der Waals surface area contributed by atoms with Gasteiger partial charge in [-0.3, -0.25) is 10.1 Å². The Morgan fingerprint density at radius 3 is 2.43 bits per heavy atom. The lowest BCUT2D eigenvalue weighted by Gasteiger charge is -2.38. The van der Waals surface area contributed by atoms with Crippen molar-refractivity contribution < 1.29 is 13.3 Å². The Kier molecular flexibility index (Phi) is 5.67. The molecule has 7 nitrogen and oxygen atoms in total. The number of benzene rings is 1. The number of rotatable bonds is 6. The molecule has 0 bridgehead atoms. The molecule has 0 N–H and O–H groups in total. The highest BCUT2D eigenvalue weighted by atomic mass is 32.2. The lowest BCUT2D eigenvalue weighted by molar-refractivity contribution is -0.384. The fourth-order valence-electron chi connectivity index (χ4n) is 4.23. The second kappa shape index (κ2) is 7.70. The van der Waals surface area contributed by atoms with Crippen LogP contribution in [0.25, 0.3) is 0 Å². The van der Waals surface area contributed by atoms with Crippen LogP contribution < -0.4 is 4.90 Å². The summed E-state index contributed by atoms with van der Waals surface area (Å²) in [5.74, 6) is 0.514. The van der Waals surface area contributed by atoms with Crippen LogP contribution in [-0.4, -0.2) is 37.4 Å². The van der Waals surface area contributed by atoms with Crippen molar-refractivity contribution >= 4 is 21.2 Å². The van der Waals surface area contributed by atoms with Crippen LogP contribution in [0.2, 0.25) is 0 Å². The lowest BCUT2D eigenvalue weighted by atomic mass is 9.65. The van der Waals surface area contributed by atoms with Gasteiger partial charge in [-0.15, -0.1) is 0 Å². The topological polar surface area (TPSA) is 104 Å². The van der Waals surface area contributed by atoms with E-state index in [0.717, 1.165) is 19.3 Å². The number of sulfone groups is 1. The molecule has 0 atom stereocenters. The van der Waals surface area contributed by atoms with Crippen LogP contribution in [0, 0.1) is 27.4 Å². The zero-order valence-corrected chi connectivity index (χ0v) is 17.2. The summed E-state index contributed by atoms with van der Waals surface area (Å²) in [6.07, 6.45) is 3.39. The number of nitro groups is 1. The van der Waals surface area contributed by atoms with Gasteiger partial charge in [0.1, 0.15) is 15.5 Å². The monoisotopic (exact) mass is 405 g/mol. The van der Waals surface area contributed by atoms with Crippen molar-refractivity contribution in [2.24, 2.45) is 5.92 Å².